The molecule has 0 radical (unpaired) electrons. The van der Waals surface area contributed by atoms with E-state index in [1.165, 1.54) is 18.2 Å². The number of carbonyl (C=O) groups is 1. The molecule has 4 heterocycles. The van der Waals surface area contributed by atoms with E-state index in [-0.39, 0.29) is 12.7 Å². The Morgan fingerprint density at radius 2 is 2.00 bits per heavy atom. The monoisotopic (exact) mass is 428 g/mol. The van der Waals surface area contributed by atoms with E-state index in [0.29, 0.717) is 16.5 Å². The molecule has 1 fully saturated rings. The maximum Gasteiger partial charge on any atom is 0.232 e. The molecule has 1 aromatic carbocycles. The molecule has 1 amide bonds. The average Bonchev–Trinajstić information content (AvgIpc) is 3.37. The third-order valence-corrected chi connectivity index (χ3v) is 7.00. The lowest BCUT2D eigenvalue weighted by molar-refractivity contribution is -0.129. The van der Waals surface area contributed by atoms with Gasteiger partial charge < -0.3 is 14.4 Å². The number of thiazole rings is 1. The van der Waals surface area contributed by atoms with Crippen molar-refractivity contribution in [2.24, 2.45) is 0 Å². The highest BCUT2D eigenvalue weighted by Gasteiger charge is 2.21. The van der Waals surface area contributed by atoms with E-state index >= 15 is 0 Å². The number of hydrogen-bond acceptors (Lipinski definition) is 8. The van der Waals surface area contributed by atoms with E-state index in [1.54, 1.807) is 11.3 Å². The Labute approximate surface area is 176 Å². The van der Waals surface area contributed by atoms with Gasteiger partial charge in [-0.2, -0.15) is 0 Å². The SMILES string of the molecule is Cc1nc2c(SCC(=O)N3CCCCC3)nnc(-c3ccc4c(c3)OCO4)c2s1. The van der Waals surface area contributed by atoms with Crippen molar-refractivity contribution in [2.75, 3.05) is 25.6 Å². The molecule has 9 heteroatoms. The summed E-state index contributed by atoms with van der Waals surface area (Å²) in [5, 5.41) is 10.6. The van der Waals surface area contributed by atoms with Gasteiger partial charge >= 0.3 is 0 Å². The van der Waals surface area contributed by atoms with Crippen LogP contribution in [0.1, 0.15) is 24.3 Å². The van der Waals surface area contributed by atoms with Gasteiger partial charge in [-0.25, -0.2) is 4.98 Å². The summed E-state index contributed by atoms with van der Waals surface area (Å²) in [4.78, 5) is 19.2. The summed E-state index contributed by atoms with van der Waals surface area (Å²) in [5.74, 6) is 1.98. The zero-order valence-corrected chi connectivity index (χ0v) is 17.6. The van der Waals surface area contributed by atoms with Gasteiger partial charge in [-0.15, -0.1) is 21.5 Å². The highest BCUT2D eigenvalue weighted by molar-refractivity contribution is 8.00. The first kappa shape index (κ1) is 18.6. The second kappa shape index (κ2) is 7.79. The quantitative estimate of drug-likeness (QED) is 0.583. The molecule has 0 bridgehead atoms. The van der Waals surface area contributed by atoms with Crippen molar-refractivity contribution >= 4 is 39.2 Å². The third kappa shape index (κ3) is 3.64. The predicted molar refractivity (Wildman–Crippen MR) is 113 cm³/mol. The molecule has 3 aromatic rings. The van der Waals surface area contributed by atoms with Gasteiger partial charge in [0.05, 0.1) is 15.5 Å². The molecule has 0 unspecified atom stereocenters. The molecule has 29 heavy (non-hydrogen) atoms. The summed E-state index contributed by atoms with van der Waals surface area (Å²) in [7, 11) is 0. The van der Waals surface area contributed by atoms with Crippen LogP contribution in [0.15, 0.2) is 23.2 Å². The van der Waals surface area contributed by atoms with Crippen LogP contribution in [-0.4, -0.2) is 51.6 Å². The molecule has 1 saturated heterocycles. The van der Waals surface area contributed by atoms with Crippen LogP contribution >= 0.6 is 23.1 Å². The van der Waals surface area contributed by atoms with Gasteiger partial charge in [0.1, 0.15) is 16.2 Å². The zero-order valence-electron chi connectivity index (χ0n) is 16.0. The molecule has 0 saturated carbocycles. The molecule has 2 aromatic heterocycles. The third-order valence-electron chi connectivity index (χ3n) is 5.08. The molecule has 7 nitrogen and oxygen atoms in total. The van der Waals surface area contributed by atoms with E-state index in [1.807, 2.05) is 30.0 Å². The van der Waals surface area contributed by atoms with Gasteiger partial charge in [0.25, 0.3) is 0 Å². The number of nitrogens with zero attached hydrogens (tertiary/aromatic N) is 4. The Bertz CT molecular complexity index is 1080. The van der Waals surface area contributed by atoms with Crippen LogP contribution in [0.2, 0.25) is 0 Å². The van der Waals surface area contributed by atoms with Gasteiger partial charge in [0.2, 0.25) is 12.7 Å². The summed E-state index contributed by atoms with van der Waals surface area (Å²) in [6.07, 6.45) is 3.40. The van der Waals surface area contributed by atoms with Crippen LogP contribution in [0.25, 0.3) is 21.5 Å². The Balaban J connectivity index is 1.43. The predicted octanol–water partition coefficient (Wildman–Crippen LogP) is 3.90. The number of aryl methyl sites for hydroxylation is 1. The van der Waals surface area contributed by atoms with Crippen LogP contribution in [-0.2, 0) is 4.79 Å². The molecule has 2 aliphatic heterocycles. The summed E-state index contributed by atoms with van der Waals surface area (Å²) in [6.45, 7) is 3.93. The molecule has 0 spiro atoms. The van der Waals surface area contributed by atoms with Crippen LogP contribution in [0.5, 0.6) is 11.5 Å². The fraction of sp³-hybridized carbons (Fsp3) is 0.400. The molecule has 0 aliphatic carbocycles. The number of thioether (sulfide) groups is 1. The van der Waals surface area contributed by atoms with Crippen molar-refractivity contribution in [3.05, 3.63) is 23.2 Å². The molecule has 2 aliphatic rings. The van der Waals surface area contributed by atoms with Crippen LogP contribution in [0.3, 0.4) is 0 Å². The van der Waals surface area contributed by atoms with Gasteiger partial charge in [-0.1, -0.05) is 11.8 Å². The number of aromatic nitrogens is 3. The van der Waals surface area contributed by atoms with E-state index in [4.69, 9.17) is 9.47 Å². The number of ether oxygens (including phenoxy) is 2. The number of fused-ring (bicyclic) bond motifs is 2. The number of benzene rings is 1. The van der Waals surface area contributed by atoms with Gasteiger partial charge in [-0.3, -0.25) is 4.79 Å². The fourth-order valence-electron chi connectivity index (χ4n) is 3.62. The van der Waals surface area contributed by atoms with E-state index in [2.05, 4.69) is 15.2 Å². The van der Waals surface area contributed by atoms with Crippen molar-refractivity contribution in [1.29, 1.82) is 0 Å². The lowest BCUT2D eigenvalue weighted by Gasteiger charge is -2.26. The van der Waals surface area contributed by atoms with Crippen LogP contribution in [0, 0.1) is 6.92 Å². The summed E-state index contributed by atoms with van der Waals surface area (Å²) in [5.41, 5.74) is 2.50. The maximum absolute atomic E-state index is 12.5. The van der Waals surface area contributed by atoms with Crippen molar-refractivity contribution in [2.45, 2.75) is 31.2 Å². The van der Waals surface area contributed by atoms with Crippen LogP contribution in [0.4, 0.5) is 0 Å². The molecular formula is C20H20N4O3S2. The normalized spacial score (nSPS) is 15.8. The average molecular weight is 429 g/mol. The first-order valence-electron chi connectivity index (χ1n) is 9.63. The highest BCUT2D eigenvalue weighted by atomic mass is 32.2. The van der Waals surface area contributed by atoms with Gasteiger partial charge in [0.15, 0.2) is 11.5 Å². The van der Waals surface area contributed by atoms with Gasteiger partial charge in [0, 0.05) is 18.7 Å². The Morgan fingerprint density at radius 3 is 2.86 bits per heavy atom. The Hall–Kier alpha value is -2.39. The minimum atomic E-state index is 0.163. The minimum Gasteiger partial charge on any atom is -0.454 e. The standard InChI is InChI=1S/C20H20N4O3S2/c1-12-21-18-19(29-12)17(13-5-6-14-15(9-13)27-11-26-14)22-23-20(18)28-10-16(25)24-7-3-2-4-8-24/h5-6,9H,2-4,7-8,10-11H2,1H3. The van der Waals surface area contributed by atoms with E-state index < -0.39 is 0 Å². The Kier molecular flexibility index (Phi) is 5.01. The maximum atomic E-state index is 12.5. The van der Waals surface area contributed by atoms with E-state index in [0.717, 1.165) is 58.2 Å². The molecular weight excluding hydrogens is 408 g/mol. The molecule has 0 atom stereocenters. The fourth-order valence-corrected chi connectivity index (χ4v) is 5.43. The second-order valence-electron chi connectivity index (χ2n) is 7.06. The number of hydrogen-bond donors (Lipinski definition) is 0. The number of likely N-dealkylation sites (tertiary alicyclic amines) is 1. The summed E-state index contributed by atoms with van der Waals surface area (Å²) < 4.78 is 11.9. The van der Waals surface area contributed by atoms with Crippen molar-refractivity contribution in [3.8, 4) is 22.8 Å². The van der Waals surface area contributed by atoms with Crippen LogP contribution < -0.4 is 9.47 Å². The smallest absolute Gasteiger partial charge is 0.232 e. The summed E-state index contributed by atoms with van der Waals surface area (Å²) in [6, 6.07) is 5.77. The summed E-state index contributed by atoms with van der Waals surface area (Å²) >= 11 is 3.01. The number of piperidine rings is 1. The largest absolute Gasteiger partial charge is 0.454 e. The van der Waals surface area contributed by atoms with Gasteiger partial charge in [-0.05, 0) is 44.4 Å². The number of carbonyl (C=O) groups excluding carboxylic acids is 1. The first-order chi connectivity index (χ1) is 14.2. The molecule has 150 valence electrons. The highest BCUT2D eigenvalue weighted by Crippen LogP contribution is 2.39. The zero-order chi connectivity index (χ0) is 19.8. The van der Waals surface area contributed by atoms with E-state index in [9.17, 15) is 4.79 Å². The number of rotatable bonds is 4. The second-order valence-corrected chi connectivity index (χ2v) is 9.23. The number of amides is 1. The minimum absolute atomic E-state index is 0.163. The first-order valence-corrected chi connectivity index (χ1v) is 11.4. The topological polar surface area (TPSA) is 77.4 Å². The van der Waals surface area contributed by atoms with Crippen molar-refractivity contribution < 1.29 is 14.3 Å². The lowest BCUT2D eigenvalue weighted by atomic mass is 10.1. The molecule has 0 N–H and O–H groups in total. The van der Waals surface area contributed by atoms with Crippen molar-refractivity contribution in [1.82, 2.24) is 20.1 Å². The lowest BCUT2D eigenvalue weighted by Crippen LogP contribution is -2.36. The van der Waals surface area contributed by atoms with Crippen molar-refractivity contribution in [3.63, 3.8) is 0 Å². The molecule has 5 rings (SSSR count). The Morgan fingerprint density at radius 1 is 1.17 bits per heavy atom.